The molecule has 20 heavy (non-hydrogen) atoms. The van der Waals surface area contributed by atoms with Crippen LogP contribution in [0.1, 0.15) is 30.1 Å². The van der Waals surface area contributed by atoms with Crippen LogP contribution in [-0.4, -0.2) is 21.6 Å². The van der Waals surface area contributed by atoms with E-state index in [1.165, 1.54) is 24.3 Å². The van der Waals surface area contributed by atoms with Crippen molar-refractivity contribution in [3.05, 3.63) is 39.9 Å². The first kappa shape index (κ1) is 16.1. The Morgan fingerprint density at radius 2 is 1.90 bits per heavy atom. The maximum Gasteiger partial charge on any atom is 0.269 e. The van der Waals surface area contributed by atoms with Crippen LogP contribution in [0.5, 0.6) is 0 Å². The van der Waals surface area contributed by atoms with Gasteiger partial charge in [0.05, 0.1) is 9.75 Å². The Kier molecular flexibility index (Phi) is 6.10. The number of nitrogens with zero attached hydrogens (tertiary/aromatic N) is 1. The second kappa shape index (κ2) is 7.59. The highest BCUT2D eigenvalue weighted by molar-refractivity contribution is 9.10. The highest BCUT2D eigenvalue weighted by atomic mass is 79.9. The second-order valence-corrected chi connectivity index (χ2v) is 5.11. The minimum absolute atomic E-state index is 0.103. The first-order valence-corrected chi connectivity index (χ1v) is 6.86. The third-order valence-corrected chi connectivity index (χ3v) is 3.34. The molecule has 2 N–H and O–H groups in total. The molecule has 0 saturated heterocycles. The van der Waals surface area contributed by atoms with Gasteiger partial charge in [-0.25, -0.2) is 0 Å². The lowest BCUT2D eigenvalue weighted by molar-refractivity contribution is -0.384. The number of alkyl halides is 1. The number of hydrogen-bond acceptors (Lipinski definition) is 4. The van der Waals surface area contributed by atoms with Crippen LogP contribution in [0, 0.1) is 10.1 Å². The SMILES string of the molecule is CCC[C@@H](Br)C(=O)NNC(=O)c1ccc([N+](=O)[O-])cc1. The molecule has 0 heterocycles. The van der Waals surface area contributed by atoms with Gasteiger partial charge in [-0.3, -0.25) is 30.6 Å². The number of amides is 2. The number of nitro benzene ring substituents is 1. The lowest BCUT2D eigenvalue weighted by Crippen LogP contribution is -2.44. The van der Waals surface area contributed by atoms with Crippen molar-refractivity contribution in [2.75, 3.05) is 0 Å². The quantitative estimate of drug-likeness (QED) is 0.484. The van der Waals surface area contributed by atoms with Gasteiger partial charge in [-0.15, -0.1) is 0 Å². The number of nitro groups is 1. The largest absolute Gasteiger partial charge is 0.272 e. The summed E-state index contributed by atoms with van der Waals surface area (Å²) in [6.07, 6.45) is 1.48. The van der Waals surface area contributed by atoms with E-state index in [2.05, 4.69) is 26.8 Å². The molecule has 0 bridgehead atoms. The van der Waals surface area contributed by atoms with Gasteiger partial charge in [-0.2, -0.15) is 0 Å². The third kappa shape index (κ3) is 4.61. The Bertz CT molecular complexity index is 504. The molecule has 0 aliphatic heterocycles. The number of rotatable bonds is 5. The molecule has 0 saturated carbocycles. The summed E-state index contributed by atoms with van der Waals surface area (Å²) in [5.41, 5.74) is 4.65. The highest BCUT2D eigenvalue weighted by Gasteiger charge is 2.15. The molecule has 1 atom stereocenters. The molecule has 7 nitrogen and oxygen atoms in total. The Balaban J connectivity index is 2.54. The van der Waals surface area contributed by atoms with Crippen molar-refractivity contribution >= 4 is 33.4 Å². The first-order chi connectivity index (χ1) is 9.45. The average Bonchev–Trinajstić information content (AvgIpc) is 2.44. The lowest BCUT2D eigenvalue weighted by atomic mass is 10.2. The van der Waals surface area contributed by atoms with Crippen molar-refractivity contribution in [2.45, 2.75) is 24.6 Å². The standard InChI is InChI=1S/C12H14BrN3O4/c1-2-3-10(13)12(18)15-14-11(17)8-4-6-9(7-5-8)16(19)20/h4-7,10H,2-3H2,1H3,(H,14,17)(H,15,18)/t10-/m1/s1. The molecular formula is C12H14BrN3O4. The molecule has 1 aromatic rings. The highest BCUT2D eigenvalue weighted by Crippen LogP contribution is 2.11. The van der Waals surface area contributed by atoms with Gasteiger partial charge >= 0.3 is 0 Å². The van der Waals surface area contributed by atoms with Crippen LogP contribution in [0.2, 0.25) is 0 Å². The van der Waals surface area contributed by atoms with Gasteiger partial charge in [0.2, 0.25) is 0 Å². The minimum Gasteiger partial charge on any atom is -0.272 e. The molecule has 0 unspecified atom stereocenters. The summed E-state index contributed by atoms with van der Waals surface area (Å²) in [5.74, 6) is -0.883. The van der Waals surface area contributed by atoms with Gasteiger partial charge in [-0.05, 0) is 18.6 Å². The van der Waals surface area contributed by atoms with Crippen molar-refractivity contribution in [2.24, 2.45) is 0 Å². The molecule has 2 amide bonds. The van der Waals surface area contributed by atoms with Crippen LogP contribution in [0.3, 0.4) is 0 Å². The van der Waals surface area contributed by atoms with E-state index in [0.717, 1.165) is 6.42 Å². The minimum atomic E-state index is -0.552. The summed E-state index contributed by atoms with van der Waals surface area (Å²) in [6, 6.07) is 5.08. The van der Waals surface area contributed by atoms with E-state index in [0.29, 0.717) is 6.42 Å². The predicted octanol–water partition coefficient (Wildman–Crippen LogP) is 1.92. The zero-order chi connectivity index (χ0) is 15.1. The summed E-state index contributed by atoms with van der Waals surface area (Å²) in [4.78, 5) is 32.8. The molecule has 0 aliphatic carbocycles. The number of non-ortho nitro benzene ring substituents is 1. The molecule has 1 rings (SSSR count). The average molecular weight is 344 g/mol. The molecule has 0 spiro atoms. The van der Waals surface area contributed by atoms with Gasteiger partial charge in [-0.1, -0.05) is 29.3 Å². The third-order valence-electron chi connectivity index (χ3n) is 2.47. The Morgan fingerprint density at radius 3 is 2.40 bits per heavy atom. The molecular weight excluding hydrogens is 330 g/mol. The summed E-state index contributed by atoms with van der Waals surface area (Å²) < 4.78 is 0. The van der Waals surface area contributed by atoms with Crippen LogP contribution in [0.25, 0.3) is 0 Å². The zero-order valence-electron chi connectivity index (χ0n) is 10.8. The summed E-state index contributed by atoms with van der Waals surface area (Å²) in [6.45, 7) is 1.94. The van der Waals surface area contributed by atoms with Gasteiger partial charge < -0.3 is 0 Å². The van der Waals surface area contributed by atoms with Crippen LogP contribution in [0.4, 0.5) is 5.69 Å². The summed E-state index contributed by atoms with van der Waals surface area (Å²) in [5, 5.41) is 10.5. The van der Waals surface area contributed by atoms with Crippen molar-refractivity contribution < 1.29 is 14.5 Å². The number of hydrogen-bond donors (Lipinski definition) is 2. The van der Waals surface area contributed by atoms with Gasteiger partial charge in [0.1, 0.15) is 0 Å². The fraction of sp³-hybridized carbons (Fsp3) is 0.333. The number of hydrazine groups is 1. The van der Waals surface area contributed by atoms with Crippen LogP contribution in [0.15, 0.2) is 24.3 Å². The number of nitrogens with one attached hydrogen (secondary N) is 2. The van der Waals surface area contributed by atoms with E-state index in [-0.39, 0.29) is 22.0 Å². The predicted molar refractivity (Wildman–Crippen MR) is 76.3 cm³/mol. The zero-order valence-corrected chi connectivity index (χ0v) is 12.3. The fourth-order valence-electron chi connectivity index (χ4n) is 1.39. The van der Waals surface area contributed by atoms with E-state index in [4.69, 9.17) is 0 Å². The maximum absolute atomic E-state index is 11.7. The summed E-state index contributed by atoms with van der Waals surface area (Å²) in [7, 11) is 0. The number of benzene rings is 1. The Labute approximate surface area is 124 Å². The Morgan fingerprint density at radius 1 is 1.30 bits per heavy atom. The molecule has 0 aromatic heterocycles. The van der Waals surface area contributed by atoms with Gasteiger partial charge in [0, 0.05) is 17.7 Å². The van der Waals surface area contributed by atoms with E-state index >= 15 is 0 Å². The first-order valence-electron chi connectivity index (χ1n) is 5.94. The number of carbonyl (C=O) groups is 2. The maximum atomic E-state index is 11.7. The smallest absolute Gasteiger partial charge is 0.269 e. The van der Waals surface area contributed by atoms with Crippen molar-refractivity contribution in [3.63, 3.8) is 0 Å². The van der Waals surface area contributed by atoms with Crippen molar-refractivity contribution in [3.8, 4) is 0 Å². The molecule has 0 aliphatic rings. The van der Waals surface area contributed by atoms with E-state index in [9.17, 15) is 19.7 Å². The molecule has 0 fully saturated rings. The summed E-state index contributed by atoms with van der Waals surface area (Å²) >= 11 is 3.20. The van der Waals surface area contributed by atoms with Crippen LogP contribution < -0.4 is 10.9 Å². The molecule has 0 radical (unpaired) electrons. The second-order valence-electron chi connectivity index (χ2n) is 4.00. The number of halogens is 1. The van der Waals surface area contributed by atoms with E-state index in [1.54, 1.807) is 0 Å². The van der Waals surface area contributed by atoms with E-state index in [1.807, 2.05) is 6.92 Å². The monoisotopic (exact) mass is 343 g/mol. The lowest BCUT2D eigenvalue weighted by Gasteiger charge is -2.10. The molecule has 8 heteroatoms. The normalized spacial score (nSPS) is 11.5. The van der Waals surface area contributed by atoms with Crippen LogP contribution in [-0.2, 0) is 4.79 Å². The van der Waals surface area contributed by atoms with Crippen molar-refractivity contribution in [1.29, 1.82) is 0 Å². The fourth-order valence-corrected chi connectivity index (χ4v) is 1.96. The number of carbonyl (C=O) groups excluding carboxylic acids is 2. The Hall–Kier alpha value is -1.96. The van der Waals surface area contributed by atoms with Crippen LogP contribution >= 0.6 is 15.9 Å². The van der Waals surface area contributed by atoms with E-state index < -0.39 is 10.8 Å². The molecule has 1 aromatic carbocycles. The molecule has 108 valence electrons. The van der Waals surface area contributed by atoms with Gasteiger partial charge in [0.15, 0.2) is 0 Å². The topological polar surface area (TPSA) is 101 Å². The van der Waals surface area contributed by atoms with Gasteiger partial charge in [0.25, 0.3) is 17.5 Å². The van der Waals surface area contributed by atoms with Crippen molar-refractivity contribution in [1.82, 2.24) is 10.9 Å².